The molecule has 1 aliphatic rings. The summed E-state index contributed by atoms with van der Waals surface area (Å²) in [6.07, 6.45) is 0.781. The summed E-state index contributed by atoms with van der Waals surface area (Å²) >= 11 is 0. The van der Waals surface area contributed by atoms with Crippen LogP contribution in [0.1, 0.15) is 25.8 Å². The van der Waals surface area contributed by atoms with E-state index in [2.05, 4.69) is 20.9 Å². The molecule has 0 bridgehead atoms. The molecule has 1 heterocycles. The van der Waals surface area contributed by atoms with Crippen LogP contribution in [-0.2, 0) is 5.60 Å². The number of hydrogen-bond donors (Lipinski definition) is 2. The van der Waals surface area contributed by atoms with E-state index in [1.165, 1.54) is 4.90 Å². The first-order valence-corrected chi connectivity index (χ1v) is 5.90. The van der Waals surface area contributed by atoms with Crippen molar-refractivity contribution in [2.45, 2.75) is 25.9 Å². The Morgan fingerprint density at radius 1 is 1.25 bits per heavy atom. The molecule has 0 radical (unpaired) electrons. The number of likely N-dealkylation sites (tertiary alicyclic amines) is 1. The van der Waals surface area contributed by atoms with Crippen LogP contribution in [0.5, 0.6) is 0 Å². The maximum Gasteiger partial charge on any atom is 0.105 e. The number of rotatable bonds is 1. The molecule has 0 aromatic heterocycles. The summed E-state index contributed by atoms with van der Waals surface area (Å²) in [5.41, 5.74) is 0.187. The Morgan fingerprint density at radius 3 is 2.44 bits per heavy atom. The summed E-state index contributed by atoms with van der Waals surface area (Å²) in [7, 11) is 4.06. The van der Waals surface area contributed by atoms with Gasteiger partial charge in [-0.2, -0.15) is 7.05 Å². The van der Waals surface area contributed by atoms with Crippen molar-refractivity contribution in [3.8, 4) is 0 Å². The lowest BCUT2D eigenvalue weighted by atomic mass is 9.66. The van der Waals surface area contributed by atoms with E-state index in [0.29, 0.717) is 0 Å². The lowest BCUT2D eigenvalue weighted by molar-refractivity contribution is -0.872. The third-order valence-electron chi connectivity index (χ3n) is 3.90. The summed E-state index contributed by atoms with van der Waals surface area (Å²) in [4.78, 5) is 1.26. The van der Waals surface area contributed by atoms with Crippen LogP contribution >= 0.6 is 0 Å². The van der Waals surface area contributed by atoms with Gasteiger partial charge in [-0.1, -0.05) is 44.2 Å². The Morgan fingerprint density at radius 2 is 1.88 bits per heavy atom. The molecule has 1 fully saturated rings. The van der Waals surface area contributed by atoms with Crippen molar-refractivity contribution < 1.29 is 10.0 Å². The molecule has 0 saturated carbocycles. The molecule has 1 aromatic carbocycles. The molecule has 1 saturated heterocycles. The number of aliphatic hydroxyl groups is 1. The summed E-state index contributed by atoms with van der Waals surface area (Å²) in [5.74, 6) is 0. The van der Waals surface area contributed by atoms with Gasteiger partial charge in [-0.05, 0) is 5.56 Å². The maximum atomic E-state index is 10.9. The van der Waals surface area contributed by atoms with Gasteiger partial charge in [0, 0.05) is 11.8 Å². The monoisotopic (exact) mass is 219 g/mol. The van der Waals surface area contributed by atoms with Crippen molar-refractivity contribution in [3.63, 3.8) is 0 Å². The Bertz CT molecular complexity index is 360. The smallest absolute Gasteiger partial charge is 0.105 e. The lowest BCUT2D eigenvalue weighted by Crippen LogP contribution is -3.10. The first kappa shape index (κ1) is 11.6. The van der Waals surface area contributed by atoms with Gasteiger partial charge in [0.05, 0.1) is 13.1 Å². The molecule has 1 aliphatic heterocycles. The van der Waals surface area contributed by atoms with Gasteiger partial charge >= 0.3 is 0 Å². The zero-order valence-corrected chi connectivity index (χ0v) is 10.2. The molecule has 0 aliphatic carbocycles. The van der Waals surface area contributed by atoms with Gasteiger partial charge in [0.1, 0.15) is 5.60 Å². The van der Waals surface area contributed by atoms with E-state index in [1.807, 2.05) is 30.3 Å². The van der Waals surface area contributed by atoms with Crippen molar-refractivity contribution in [2.24, 2.45) is 5.41 Å². The lowest BCUT2D eigenvalue weighted by Gasteiger charge is -2.49. The molecule has 2 rings (SSSR count). The van der Waals surface area contributed by atoms with Crippen LogP contribution in [0.25, 0.3) is 0 Å². The third kappa shape index (κ3) is 1.76. The third-order valence-corrected chi connectivity index (χ3v) is 3.90. The van der Waals surface area contributed by atoms with Crippen molar-refractivity contribution >= 4 is 0 Å². The van der Waals surface area contributed by atoms with E-state index in [4.69, 9.17) is 0 Å². The zero-order valence-electron chi connectivity index (χ0n) is 10.2. The number of hydrogen-bond acceptors (Lipinski definition) is 1. The molecular weight excluding hydrogens is 198 g/mol. The van der Waals surface area contributed by atoms with Crippen LogP contribution in [0.4, 0.5) is 0 Å². The standard InChI is InChI=1S/C14H21NO/c1-13(2)11-15(3)10-9-14(13,16)12-7-5-4-6-8-12/h4-8,15-16H,3,9-11H2,1-2H3/t14-/m0/s1. The molecule has 0 spiro atoms. The normalized spacial score (nSPS) is 33.6. The number of quaternary nitrogens is 1. The second-order valence-corrected chi connectivity index (χ2v) is 5.54. The van der Waals surface area contributed by atoms with Gasteiger partial charge in [-0.25, -0.2) is 0 Å². The average molecular weight is 219 g/mol. The Balaban J connectivity index is 2.37. The van der Waals surface area contributed by atoms with Crippen molar-refractivity contribution in [3.05, 3.63) is 42.9 Å². The first-order valence-electron chi connectivity index (χ1n) is 5.90. The number of nitrogens with one attached hydrogen (secondary N) is 1. The minimum Gasteiger partial charge on any atom is -0.467 e. The summed E-state index contributed by atoms with van der Waals surface area (Å²) in [5, 5.41) is 10.9. The van der Waals surface area contributed by atoms with Crippen LogP contribution in [0.15, 0.2) is 30.3 Å². The maximum absolute atomic E-state index is 10.9. The van der Waals surface area contributed by atoms with Gasteiger partial charge < -0.3 is 10.0 Å². The van der Waals surface area contributed by atoms with Gasteiger partial charge in [0.15, 0.2) is 0 Å². The largest absolute Gasteiger partial charge is 0.467 e. The fraction of sp³-hybridized carbons (Fsp3) is 0.500. The van der Waals surface area contributed by atoms with Crippen LogP contribution in [0, 0.1) is 12.5 Å². The molecule has 88 valence electrons. The topological polar surface area (TPSA) is 24.7 Å². The van der Waals surface area contributed by atoms with Gasteiger partial charge in [0.2, 0.25) is 0 Å². The minimum absolute atomic E-state index is 0.135. The molecule has 2 heteroatoms. The van der Waals surface area contributed by atoms with Crippen molar-refractivity contribution in [1.29, 1.82) is 0 Å². The Kier molecular flexibility index (Phi) is 2.81. The van der Waals surface area contributed by atoms with Crippen LogP contribution in [-0.4, -0.2) is 18.2 Å². The average Bonchev–Trinajstić information content (AvgIpc) is 2.25. The fourth-order valence-corrected chi connectivity index (χ4v) is 2.80. The molecule has 1 unspecified atom stereocenters. The second-order valence-electron chi connectivity index (χ2n) is 5.54. The first-order chi connectivity index (χ1) is 7.46. The predicted molar refractivity (Wildman–Crippen MR) is 64.8 cm³/mol. The van der Waals surface area contributed by atoms with Gasteiger partial charge in [0.25, 0.3) is 0 Å². The highest BCUT2D eigenvalue weighted by Gasteiger charge is 2.49. The minimum atomic E-state index is -0.713. The van der Waals surface area contributed by atoms with E-state index >= 15 is 0 Å². The zero-order chi connectivity index (χ0) is 11.8. The Labute approximate surface area is 97.9 Å². The molecule has 16 heavy (non-hydrogen) atoms. The van der Waals surface area contributed by atoms with E-state index in [1.54, 1.807) is 0 Å². The summed E-state index contributed by atoms with van der Waals surface area (Å²) in [6.45, 7) is 6.09. The predicted octanol–water partition coefficient (Wildman–Crippen LogP) is 0.981. The number of piperidine rings is 1. The SMILES string of the molecule is [CH2-][NH+]1CC[C@](O)(c2ccccc2)C(C)(C)C1. The Hall–Kier alpha value is -0.860. The van der Waals surface area contributed by atoms with Crippen LogP contribution in [0.2, 0.25) is 0 Å². The molecular formula is C14H21NO. The van der Waals surface area contributed by atoms with Crippen LogP contribution < -0.4 is 4.90 Å². The number of benzene rings is 1. The van der Waals surface area contributed by atoms with E-state index in [9.17, 15) is 5.11 Å². The van der Waals surface area contributed by atoms with E-state index in [0.717, 1.165) is 25.1 Å². The molecule has 2 atom stereocenters. The molecule has 2 N–H and O–H groups in total. The highest BCUT2D eigenvalue weighted by atomic mass is 16.3. The second kappa shape index (κ2) is 3.86. The molecule has 2 nitrogen and oxygen atoms in total. The van der Waals surface area contributed by atoms with E-state index < -0.39 is 5.60 Å². The van der Waals surface area contributed by atoms with Gasteiger partial charge in [-0.15, -0.1) is 0 Å². The molecule has 0 amide bonds. The van der Waals surface area contributed by atoms with Crippen LogP contribution in [0.3, 0.4) is 0 Å². The van der Waals surface area contributed by atoms with E-state index in [-0.39, 0.29) is 5.41 Å². The van der Waals surface area contributed by atoms with Crippen molar-refractivity contribution in [2.75, 3.05) is 13.1 Å². The van der Waals surface area contributed by atoms with Crippen molar-refractivity contribution in [1.82, 2.24) is 0 Å². The molecule has 1 aromatic rings. The summed E-state index contributed by atoms with van der Waals surface area (Å²) in [6, 6.07) is 10.0. The van der Waals surface area contributed by atoms with Gasteiger partial charge in [-0.3, -0.25) is 0 Å². The summed E-state index contributed by atoms with van der Waals surface area (Å²) < 4.78 is 0. The quantitative estimate of drug-likeness (QED) is 0.676. The highest BCUT2D eigenvalue weighted by Crippen LogP contribution is 2.42. The highest BCUT2D eigenvalue weighted by molar-refractivity contribution is 5.25. The fourth-order valence-electron chi connectivity index (χ4n) is 2.80.